The van der Waals surface area contributed by atoms with Crippen molar-refractivity contribution in [1.29, 1.82) is 0 Å². The van der Waals surface area contributed by atoms with Crippen molar-refractivity contribution in [3.05, 3.63) is 34.3 Å². The molecule has 0 spiro atoms. The second-order valence-electron chi connectivity index (χ2n) is 5.20. The van der Waals surface area contributed by atoms with E-state index in [9.17, 15) is 4.79 Å². The van der Waals surface area contributed by atoms with Gasteiger partial charge in [-0.05, 0) is 37.5 Å². The molecule has 1 amide bonds. The molecule has 1 heterocycles. The van der Waals surface area contributed by atoms with Crippen LogP contribution >= 0.6 is 11.6 Å². The average Bonchev–Trinajstić information content (AvgIpc) is 2.38. The van der Waals surface area contributed by atoms with Gasteiger partial charge in [0.25, 0.3) is 0 Å². The van der Waals surface area contributed by atoms with Gasteiger partial charge in [0.2, 0.25) is 5.91 Å². The lowest BCUT2D eigenvalue weighted by Crippen LogP contribution is -2.46. The number of carbonyl (C=O) groups excluding carboxylic acids is 1. The molecule has 1 aliphatic heterocycles. The van der Waals surface area contributed by atoms with Crippen molar-refractivity contribution < 1.29 is 9.53 Å². The number of rotatable bonds is 4. The summed E-state index contributed by atoms with van der Waals surface area (Å²) >= 11 is 6.16. The van der Waals surface area contributed by atoms with Crippen LogP contribution in [0.2, 0.25) is 5.02 Å². The smallest absolute Gasteiger partial charge is 0.248 e. The van der Waals surface area contributed by atoms with Gasteiger partial charge in [0, 0.05) is 35.9 Å². The lowest BCUT2D eigenvalue weighted by Gasteiger charge is -2.34. The van der Waals surface area contributed by atoms with Gasteiger partial charge in [-0.3, -0.25) is 4.79 Å². The molecule has 0 aromatic heterocycles. The van der Waals surface area contributed by atoms with E-state index in [4.69, 9.17) is 22.1 Å². The van der Waals surface area contributed by atoms with Gasteiger partial charge in [-0.25, -0.2) is 0 Å². The first-order valence-corrected chi connectivity index (χ1v) is 6.79. The number of nitrogens with two attached hydrogens (primary N) is 1. The number of ether oxygens (including phenoxy) is 1. The van der Waals surface area contributed by atoms with E-state index < -0.39 is 5.91 Å². The SMILES string of the molecule is CC1(NCc2ccc(C(N)=O)cc2Cl)CCOCC1. The normalized spacial score (nSPS) is 18.2. The van der Waals surface area contributed by atoms with Gasteiger partial charge >= 0.3 is 0 Å². The highest BCUT2D eigenvalue weighted by Gasteiger charge is 2.26. The largest absolute Gasteiger partial charge is 0.381 e. The standard InChI is InChI=1S/C14H19ClN2O2/c1-14(4-6-19-7-5-14)17-9-11-3-2-10(13(16)18)8-12(11)15/h2-3,8,17H,4-7,9H2,1H3,(H2,16,18). The Labute approximate surface area is 118 Å². The molecule has 3 N–H and O–H groups in total. The van der Waals surface area contributed by atoms with Crippen molar-refractivity contribution in [3.63, 3.8) is 0 Å². The van der Waals surface area contributed by atoms with Crippen LogP contribution in [0.3, 0.4) is 0 Å². The summed E-state index contributed by atoms with van der Waals surface area (Å²) in [5.74, 6) is -0.460. The predicted octanol–water partition coefficient (Wildman–Crippen LogP) is 2.10. The summed E-state index contributed by atoms with van der Waals surface area (Å²) in [6, 6.07) is 5.17. The summed E-state index contributed by atoms with van der Waals surface area (Å²) < 4.78 is 5.37. The second-order valence-corrected chi connectivity index (χ2v) is 5.60. The second kappa shape index (κ2) is 5.90. The quantitative estimate of drug-likeness (QED) is 0.889. The average molecular weight is 283 g/mol. The minimum Gasteiger partial charge on any atom is -0.381 e. The van der Waals surface area contributed by atoms with Crippen molar-refractivity contribution in [1.82, 2.24) is 5.32 Å². The first kappa shape index (κ1) is 14.3. The maximum absolute atomic E-state index is 11.1. The molecule has 0 atom stereocenters. The zero-order chi connectivity index (χ0) is 13.9. The molecule has 1 saturated heterocycles. The van der Waals surface area contributed by atoms with Crippen LogP contribution < -0.4 is 11.1 Å². The maximum atomic E-state index is 11.1. The maximum Gasteiger partial charge on any atom is 0.248 e. The van der Waals surface area contributed by atoms with Gasteiger partial charge in [-0.1, -0.05) is 17.7 Å². The third-order valence-electron chi connectivity index (χ3n) is 3.64. The third kappa shape index (κ3) is 3.69. The highest BCUT2D eigenvalue weighted by Crippen LogP contribution is 2.23. The van der Waals surface area contributed by atoms with Crippen molar-refractivity contribution in [3.8, 4) is 0 Å². The van der Waals surface area contributed by atoms with Crippen LogP contribution in [0.5, 0.6) is 0 Å². The molecule has 2 rings (SSSR count). The third-order valence-corrected chi connectivity index (χ3v) is 3.99. The van der Waals surface area contributed by atoms with E-state index in [1.54, 1.807) is 12.1 Å². The number of primary amides is 1. The molecule has 1 aromatic rings. The van der Waals surface area contributed by atoms with Crippen LogP contribution in [0.1, 0.15) is 35.7 Å². The lowest BCUT2D eigenvalue weighted by atomic mass is 9.92. The Hall–Kier alpha value is -1.10. The fourth-order valence-corrected chi connectivity index (χ4v) is 2.40. The van der Waals surface area contributed by atoms with Crippen molar-refractivity contribution in [2.75, 3.05) is 13.2 Å². The summed E-state index contributed by atoms with van der Waals surface area (Å²) in [7, 11) is 0. The van der Waals surface area contributed by atoms with Gasteiger partial charge in [0.1, 0.15) is 0 Å². The Morgan fingerprint density at radius 2 is 2.16 bits per heavy atom. The molecule has 104 valence electrons. The molecule has 0 saturated carbocycles. The summed E-state index contributed by atoms with van der Waals surface area (Å²) in [5, 5.41) is 4.09. The van der Waals surface area contributed by atoms with Gasteiger partial charge < -0.3 is 15.8 Å². The van der Waals surface area contributed by atoms with Gasteiger partial charge in [0.15, 0.2) is 0 Å². The van der Waals surface area contributed by atoms with E-state index in [0.717, 1.165) is 31.6 Å². The Morgan fingerprint density at radius 3 is 2.74 bits per heavy atom. The fraction of sp³-hybridized carbons (Fsp3) is 0.500. The predicted molar refractivity (Wildman–Crippen MR) is 75.3 cm³/mol. The zero-order valence-corrected chi connectivity index (χ0v) is 11.8. The molecule has 1 aromatic carbocycles. The first-order valence-electron chi connectivity index (χ1n) is 6.41. The van der Waals surface area contributed by atoms with Crippen LogP contribution in [0.4, 0.5) is 0 Å². The van der Waals surface area contributed by atoms with E-state index in [-0.39, 0.29) is 5.54 Å². The van der Waals surface area contributed by atoms with E-state index in [1.165, 1.54) is 0 Å². The summed E-state index contributed by atoms with van der Waals surface area (Å²) in [5.41, 5.74) is 6.71. The Bertz CT molecular complexity index is 471. The topological polar surface area (TPSA) is 64.3 Å². The zero-order valence-electron chi connectivity index (χ0n) is 11.0. The van der Waals surface area contributed by atoms with E-state index in [1.807, 2.05) is 6.07 Å². The number of halogens is 1. The van der Waals surface area contributed by atoms with Crippen molar-refractivity contribution >= 4 is 17.5 Å². The fourth-order valence-electron chi connectivity index (χ4n) is 2.15. The van der Waals surface area contributed by atoms with Crippen LogP contribution in [-0.4, -0.2) is 24.7 Å². The molecule has 1 aliphatic rings. The first-order chi connectivity index (χ1) is 9.00. The summed E-state index contributed by atoms with van der Waals surface area (Å²) in [4.78, 5) is 11.1. The molecule has 5 heteroatoms. The van der Waals surface area contributed by atoms with E-state index in [0.29, 0.717) is 17.1 Å². The summed E-state index contributed by atoms with van der Waals surface area (Å²) in [6.07, 6.45) is 1.98. The number of benzene rings is 1. The Kier molecular flexibility index (Phi) is 4.45. The van der Waals surface area contributed by atoms with Crippen LogP contribution in [0, 0.1) is 0 Å². The number of carbonyl (C=O) groups is 1. The highest BCUT2D eigenvalue weighted by molar-refractivity contribution is 6.31. The van der Waals surface area contributed by atoms with Crippen LogP contribution in [0.15, 0.2) is 18.2 Å². The molecule has 1 fully saturated rings. The number of hydrogen-bond donors (Lipinski definition) is 2. The van der Waals surface area contributed by atoms with Crippen molar-refractivity contribution in [2.45, 2.75) is 31.8 Å². The molecule has 4 nitrogen and oxygen atoms in total. The van der Waals surface area contributed by atoms with Gasteiger partial charge in [-0.2, -0.15) is 0 Å². The Morgan fingerprint density at radius 1 is 1.47 bits per heavy atom. The number of nitrogens with one attached hydrogen (secondary N) is 1. The lowest BCUT2D eigenvalue weighted by molar-refractivity contribution is 0.0446. The van der Waals surface area contributed by atoms with Gasteiger partial charge in [0.05, 0.1) is 0 Å². The van der Waals surface area contributed by atoms with E-state index in [2.05, 4.69) is 12.2 Å². The van der Waals surface area contributed by atoms with Crippen LogP contribution in [0.25, 0.3) is 0 Å². The molecular formula is C14H19ClN2O2. The minimum absolute atomic E-state index is 0.0872. The number of amides is 1. The molecule has 0 bridgehead atoms. The monoisotopic (exact) mass is 282 g/mol. The Balaban J connectivity index is 2.01. The minimum atomic E-state index is -0.460. The van der Waals surface area contributed by atoms with Crippen molar-refractivity contribution in [2.24, 2.45) is 5.73 Å². The van der Waals surface area contributed by atoms with Gasteiger partial charge in [-0.15, -0.1) is 0 Å². The number of hydrogen-bond acceptors (Lipinski definition) is 3. The highest BCUT2D eigenvalue weighted by atomic mass is 35.5. The summed E-state index contributed by atoms with van der Waals surface area (Å²) in [6.45, 7) is 4.45. The molecule has 0 unspecified atom stereocenters. The molecule has 19 heavy (non-hydrogen) atoms. The molecule has 0 radical (unpaired) electrons. The molecular weight excluding hydrogens is 264 g/mol. The molecule has 0 aliphatic carbocycles. The van der Waals surface area contributed by atoms with Crippen LogP contribution in [-0.2, 0) is 11.3 Å². The van der Waals surface area contributed by atoms with E-state index >= 15 is 0 Å².